The summed E-state index contributed by atoms with van der Waals surface area (Å²) in [5.74, 6) is -1.01. The van der Waals surface area contributed by atoms with Gasteiger partial charge >= 0.3 is 0 Å². The lowest BCUT2D eigenvalue weighted by atomic mass is 9.98. The first-order valence-corrected chi connectivity index (χ1v) is 4.63. The van der Waals surface area contributed by atoms with E-state index in [-0.39, 0.29) is 6.61 Å². The predicted molar refractivity (Wildman–Crippen MR) is 54.4 cm³/mol. The largest absolute Gasteiger partial charge is 0.550 e. The Labute approximate surface area is 86.7 Å². The molecular weight excluding hydrogens is 182 g/mol. The molecule has 0 radical (unpaired) electrons. The summed E-state index contributed by atoms with van der Waals surface area (Å²) in [5, 5.41) is 18.3. The van der Waals surface area contributed by atoms with Crippen LogP contribution in [0, 0.1) is 5.41 Å². The molecule has 14 heavy (non-hydrogen) atoms. The van der Waals surface area contributed by atoms with Crippen molar-refractivity contribution in [2.24, 2.45) is 5.41 Å². The van der Waals surface area contributed by atoms with Crippen molar-refractivity contribution in [3.05, 3.63) is 0 Å². The first-order valence-electron chi connectivity index (χ1n) is 4.63. The molecule has 0 aliphatic heterocycles. The van der Waals surface area contributed by atoms with Crippen molar-refractivity contribution in [1.82, 2.24) is 0 Å². The minimum Gasteiger partial charge on any atom is -0.550 e. The summed E-state index contributed by atoms with van der Waals surface area (Å²) >= 11 is 0. The van der Waals surface area contributed by atoms with E-state index in [1.54, 1.807) is 20.8 Å². The summed E-state index contributed by atoms with van der Waals surface area (Å²) in [6.45, 7) is 5.91. The first kappa shape index (κ1) is 15.8. The van der Waals surface area contributed by atoms with Crippen LogP contribution in [0.15, 0.2) is 0 Å². The zero-order valence-corrected chi connectivity index (χ0v) is 10.1. The number of quaternary nitrogens is 1. The summed E-state index contributed by atoms with van der Waals surface area (Å²) in [6.07, 6.45) is 0. The lowest BCUT2D eigenvalue weighted by molar-refractivity contribution is -0.870. The highest BCUT2D eigenvalue weighted by Gasteiger charge is 2.09. The number of carbonyl (C=O) groups excluding carboxylic acids is 1. The number of rotatable bonds is 2. The molecule has 4 heteroatoms. The molecule has 0 aromatic rings. The maximum absolute atomic E-state index is 9.91. The Balaban J connectivity index is 0. The maximum Gasteiger partial charge on any atom is 0.101 e. The molecule has 0 aromatic heterocycles. The molecule has 4 nitrogen and oxygen atoms in total. The van der Waals surface area contributed by atoms with Gasteiger partial charge in [0.15, 0.2) is 0 Å². The molecule has 0 bridgehead atoms. The number of aliphatic hydroxyl groups is 1. The smallest absolute Gasteiger partial charge is 0.101 e. The molecule has 0 saturated heterocycles. The van der Waals surface area contributed by atoms with Crippen LogP contribution < -0.4 is 5.11 Å². The highest BCUT2D eigenvalue weighted by molar-refractivity contribution is 5.70. The van der Waals surface area contributed by atoms with E-state index in [1.165, 1.54) is 0 Å². The second-order valence-corrected chi connectivity index (χ2v) is 5.27. The zero-order valence-electron chi connectivity index (χ0n) is 10.1. The van der Waals surface area contributed by atoms with Gasteiger partial charge in [-0.05, 0) is 0 Å². The summed E-state index contributed by atoms with van der Waals surface area (Å²) in [4.78, 5) is 9.91. The highest BCUT2D eigenvalue weighted by Crippen LogP contribution is 2.09. The van der Waals surface area contributed by atoms with E-state index in [4.69, 9.17) is 5.11 Å². The standard InChI is InChI=1S/C5H14NO.C5H10O2/c1-6(2,3)4-5-7;1-5(2,3)4(6)7/h7H,4-5H2,1-3H3;1-3H3,(H,6,7)/q+1;/p-1. The van der Waals surface area contributed by atoms with E-state index in [9.17, 15) is 9.90 Å². The van der Waals surface area contributed by atoms with Gasteiger partial charge in [-0.1, -0.05) is 20.8 Å². The van der Waals surface area contributed by atoms with E-state index >= 15 is 0 Å². The zero-order chi connectivity index (χ0) is 12.0. The Morgan fingerprint density at radius 1 is 1.29 bits per heavy atom. The number of carboxylic acids is 1. The van der Waals surface area contributed by atoms with Gasteiger partial charge < -0.3 is 19.5 Å². The number of hydrogen-bond donors (Lipinski definition) is 1. The minimum atomic E-state index is -1.01. The van der Waals surface area contributed by atoms with Crippen LogP contribution in [-0.4, -0.2) is 49.9 Å². The van der Waals surface area contributed by atoms with Gasteiger partial charge in [-0.3, -0.25) is 0 Å². The summed E-state index contributed by atoms with van der Waals surface area (Å²) < 4.78 is 0.844. The first-order chi connectivity index (χ1) is 6.00. The van der Waals surface area contributed by atoms with Crippen LogP contribution in [0.1, 0.15) is 20.8 Å². The monoisotopic (exact) mass is 205 g/mol. The lowest BCUT2D eigenvalue weighted by Gasteiger charge is -2.21. The Morgan fingerprint density at radius 3 is 1.57 bits per heavy atom. The van der Waals surface area contributed by atoms with Crippen molar-refractivity contribution < 1.29 is 19.5 Å². The third-order valence-corrected chi connectivity index (χ3v) is 1.38. The van der Waals surface area contributed by atoms with Gasteiger partial charge in [0.1, 0.15) is 6.54 Å². The molecular formula is C10H23NO3. The van der Waals surface area contributed by atoms with Crippen molar-refractivity contribution in [2.75, 3.05) is 34.3 Å². The lowest BCUT2D eigenvalue weighted by Crippen LogP contribution is -2.36. The molecule has 0 atom stereocenters. The van der Waals surface area contributed by atoms with Gasteiger partial charge in [0.05, 0.1) is 27.7 Å². The molecule has 0 amide bonds. The third kappa shape index (κ3) is 13.9. The number of carboxylic acid groups (broad SMARTS) is 1. The van der Waals surface area contributed by atoms with Gasteiger partial charge in [-0.2, -0.15) is 0 Å². The molecule has 0 aliphatic rings. The third-order valence-electron chi connectivity index (χ3n) is 1.38. The number of nitrogens with zero attached hydrogens (tertiary/aromatic N) is 1. The molecule has 0 fully saturated rings. The topological polar surface area (TPSA) is 60.4 Å². The maximum atomic E-state index is 9.91. The second kappa shape index (κ2) is 5.98. The van der Waals surface area contributed by atoms with Crippen molar-refractivity contribution in [1.29, 1.82) is 0 Å². The van der Waals surface area contributed by atoms with Gasteiger partial charge in [0.25, 0.3) is 0 Å². The fourth-order valence-corrected chi connectivity index (χ4v) is 0.300. The van der Waals surface area contributed by atoms with Gasteiger partial charge in [-0.15, -0.1) is 0 Å². The second-order valence-electron chi connectivity index (χ2n) is 5.27. The summed E-state index contributed by atoms with van der Waals surface area (Å²) in [5.41, 5.74) is -0.694. The van der Waals surface area contributed by atoms with E-state index in [0.717, 1.165) is 11.0 Å². The van der Waals surface area contributed by atoms with Gasteiger partial charge in [-0.25, -0.2) is 0 Å². The summed E-state index contributed by atoms with van der Waals surface area (Å²) in [6, 6.07) is 0. The van der Waals surface area contributed by atoms with Crippen molar-refractivity contribution in [2.45, 2.75) is 20.8 Å². The van der Waals surface area contributed by atoms with Crippen LogP contribution in [0.4, 0.5) is 0 Å². The molecule has 0 aromatic carbocycles. The fourth-order valence-electron chi connectivity index (χ4n) is 0.300. The summed E-state index contributed by atoms with van der Waals surface area (Å²) in [7, 11) is 6.16. The van der Waals surface area contributed by atoms with E-state index < -0.39 is 11.4 Å². The Morgan fingerprint density at radius 2 is 1.57 bits per heavy atom. The molecule has 0 rings (SSSR count). The SMILES string of the molecule is CC(C)(C)C(=O)[O-].C[N+](C)(C)CCO. The van der Waals surface area contributed by atoms with Crippen LogP contribution in [0.25, 0.3) is 0 Å². The molecule has 0 aliphatic carbocycles. The van der Waals surface area contributed by atoms with Crippen LogP contribution in [0.2, 0.25) is 0 Å². The molecule has 1 N–H and O–H groups in total. The fraction of sp³-hybridized carbons (Fsp3) is 0.900. The molecule has 0 saturated carbocycles. The average molecular weight is 205 g/mol. The molecule has 0 unspecified atom stereocenters. The Bertz CT molecular complexity index is 165. The van der Waals surface area contributed by atoms with Crippen molar-refractivity contribution in [3.63, 3.8) is 0 Å². The molecule has 0 spiro atoms. The van der Waals surface area contributed by atoms with Gasteiger partial charge in [0, 0.05) is 11.4 Å². The van der Waals surface area contributed by atoms with E-state index in [2.05, 4.69) is 21.1 Å². The Hall–Kier alpha value is -0.610. The Kier molecular flexibility index (Phi) is 6.77. The van der Waals surface area contributed by atoms with Crippen LogP contribution in [0.3, 0.4) is 0 Å². The molecule has 86 valence electrons. The van der Waals surface area contributed by atoms with Crippen LogP contribution >= 0.6 is 0 Å². The minimum absolute atomic E-state index is 0.281. The van der Waals surface area contributed by atoms with Crippen molar-refractivity contribution >= 4 is 5.97 Å². The van der Waals surface area contributed by atoms with Crippen LogP contribution in [-0.2, 0) is 4.79 Å². The average Bonchev–Trinajstić information content (AvgIpc) is 1.82. The van der Waals surface area contributed by atoms with Crippen molar-refractivity contribution in [3.8, 4) is 0 Å². The number of hydrogen-bond acceptors (Lipinski definition) is 3. The normalized spacial score (nSPS) is 11.6. The van der Waals surface area contributed by atoms with Gasteiger partial charge in [0.2, 0.25) is 0 Å². The number of aliphatic carboxylic acids is 1. The quantitative estimate of drug-likeness (QED) is 0.616. The van der Waals surface area contributed by atoms with E-state index in [1.807, 2.05) is 0 Å². The number of likely N-dealkylation sites (N-methyl/N-ethyl adjacent to an activating group) is 1. The predicted octanol–water partition coefficient (Wildman–Crippen LogP) is -0.533. The van der Waals surface area contributed by atoms with Crippen LogP contribution in [0.5, 0.6) is 0 Å². The molecule has 0 heterocycles. The van der Waals surface area contributed by atoms with E-state index in [0.29, 0.717) is 0 Å². The number of aliphatic hydroxyl groups excluding tert-OH is 1. The number of carbonyl (C=O) groups is 1. The highest BCUT2D eigenvalue weighted by atomic mass is 16.4.